The first-order valence-electron chi connectivity index (χ1n) is 8.77. The monoisotopic (exact) mass is 362 g/mol. The Kier molecular flexibility index (Phi) is 5.36. The fourth-order valence-corrected chi connectivity index (χ4v) is 3.80. The lowest BCUT2D eigenvalue weighted by Crippen LogP contribution is -2.31. The van der Waals surface area contributed by atoms with Crippen molar-refractivity contribution >= 4 is 5.91 Å². The molecule has 1 aliphatic rings. The summed E-state index contributed by atoms with van der Waals surface area (Å²) in [5, 5.41) is 3.86. The number of halogens is 2. The minimum Gasteiger partial charge on any atom is -0.341 e. The smallest absolute Gasteiger partial charge is 0.333 e. The summed E-state index contributed by atoms with van der Waals surface area (Å²) in [6.07, 6.45) is 0.0865. The number of likely N-dealkylation sites (tertiary alicyclic amines) is 1. The van der Waals surface area contributed by atoms with Crippen LogP contribution in [0.4, 0.5) is 8.78 Å². The number of rotatable bonds is 5. The molecule has 0 aliphatic carbocycles. The van der Waals surface area contributed by atoms with Gasteiger partial charge in [0.05, 0.1) is 12.1 Å². The Balaban J connectivity index is 1.75. The average molecular weight is 362 g/mol. The van der Waals surface area contributed by atoms with Gasteiger partial charge in [-0.05, 0) is 31.9 Å². The largest absolute Gasteiger partial charge is 0.341 e. The molecule has 1 saturated heterocycles. The van der Waals surface area contributed by atoms with E-state index in [0.29, 0.717) is 41.3 Å². The molecule has 3 rings (SSSR count). The molecule has 26 heavy (non-hydrogen) atoms. The Morgan fingerprint density at radius 3 is 2.54 bits per heavy atom. The number of hydrogen-bond acceptors (Lipinski definition) is 3. The number of alkyl halides is 2. The molecule has 1 aliphatic heterocycles. The van der Waals surface area contributed by atoms with Gasteiger partial charge in [-0.2, -0.15) is 13.9 Å². The third-order valence-electron chi connectivity index (χ3n) is 5.31. The van der Waals surface area contributed by atoms with Gasteiger partial charge in [-0.15, -0.1) is 0 Å². The van der Waals surface area contributed by atoms with E-state index in [1.54, 1.807) is 18.7 Å². The van der Waals surface area contributed by atoms with Crippen molar-refractivity contribution in [1.29, 1.82) is 0 Å². The molecule has 1 aromatic heterocycles. The Hall–Kier alpha value is -2.28. The lowest BCUT2D eigenvalue weighted by atomic mass is 9.89. The van der Waals surface area contributed by atoms with Gasteiger partial charge in [-0.25, -0.2) is 4.68 Å². The third-order valence-corrected chi connectivity index (χ3v) is 5.31. The zero-order chi connectivity index (χ0) is 18.8. The molecule has 0 radical (unpaired) electrons. The van der Waals surface area contributed by atoms with E-state index in [0.717, 1.165) is 0 Å². The predicted octanol–water partition coefficient (Wildman–Crippen LogP) is 2.64. The van der Waals surface area contributed by atoms with E-state index in [4.69, 9.17) is 5.73 Å². The van der Waals surface area contributed by atoms with Crippen LogP contribution in [0, 0.1) is 19.8 Å². The Morgan fingerprint density at radius 1 is 1.27 bits per heavy atom. The molecule has 0 saturated carbocycles. The molecule has 2 atom stereocenters. The molecule has 0 bridgehead atoms. The van der Waals surface area contributed by atoms with Crippen molar-refractivity contribution in [3.8, 4) is 0 Å². The molecule has 1 amide bonds. The number of carbonyl (C=O) groups is 1. The van der Waals surface area contributed by atoms with Crippen LogP contribution in [0.2, 0.25) is 0 Å². The molecule has 1 aromatic carbocycles. The second-order valence-corrected chi connectivity index (χ2v) is 6.86. The topological polar surface area (TPSA) is 64.2 Å². The Labute approximate surface area is 151 Å². The standard InChI is InChI=1S/C19H24F2N4O/c1-12-16(13(2)25(23-12)19(20)21)8-18(26)24-10-15(9-22)17(11-24)14-6-4-3-5-7-14/h3-7,15,17,19H,8-11,22H2,1-2H3/t15-,17+/m1/s1. The van der Waals surface area contributed by atoms with Crippen LogP contribution in [0.5, 0.6) is 0 Å². The van der Waals surface area contributed by atoms with Crippen molar-refractivity contribution in [3.05, 3.63) is 52.8 Å². The number of benzene rings is 1. The molecule has 2 aromatic rings. The molecule has 0 unspecified atom stereocenters. The summed E-state index contributed by atoms with van der Waals surface area (Å²) in [6.45, 7) is 2.24. The van der Waals surface area contributed by atoms with Crippen LogP contribution in [0.3, 0.4) is 0 Å². The van der Waals surface area contributed by atoms with Crippen molar-refractivity contribution in [2.45, 2.75) is 32.7 Å². The normalized spacial score (nSPS) is 20.2. The maximum atomic E-state index is 13.0. The highest BCUT2D eigenvalue weighted by atomic mass is 19.3. The van der Waals surface area contributed by atoms with Crippen molar-refractivity contribution in [2.75, 3.05) is 19.6 Å². The molecule has 140 valence electrons. The van der Waals surface area contributed by atoms with Gasteiger partial charge >= 0.3 is 6.55 Å². The highest BCUT2D eigenvalue weighted by Crippen LogP contribution is 2.32. The summed E-state index contributed by atoms with van der Waals surface area (Å²) < 4.78 is 26.7. The van der Waals surface area contributed by atoms with Gasteiger partial charge in [-0.1, -0.05) is 30.3 Å². The maximum absolute atomic E-state index is 13.0. The minimum absolute atomic E-state index is 0.0677. The second kappa shape index (κ2) is 7.53. The van der Waals surface area contributed by atoms with E-state index >= 15 is 0 Å². The van der Waals surface area contributed by atoms with E-state index in [2.05, 4.69) is 17.2 Å². The van der Waals surface area contributed by atoms with Gasteiger partial charge in [0.2, 0.25) is 5.91 Å². The van der Waals surface area contributed by atoms with Gasteiger partial charge < -0.3 is 10.6 Å². The summed E-state index contributed by atoms with van der Waals surface area (Å²) in [4.78, 5) is 14.6. The van der Waals surface area contributed by atoms with E-state index in [1.807, 2.05) is 18.2 Å². The zero-order valence-corrected chi connectivity index (χ0v) is 15.0. The molecule has 1 fully saturated rings. The van der Waals surface area contributed by atoms with Crippen LogP contribution in [0.1, 0.15) is 35.0 Å². The highest BCUT2D eigenvalue weighted by molar-refractivity contribution is 5.79. The fourth-order valence-electron chi connectivity index (χ4n) is 3.80. The van der Waals surface area contributed by atoms with Crippen LogP contribution in [-0.4, -0.2) is 40.2 Å². The van der Waals surface area contributed by atoms with Crippen molar-refractivity contribution in [3.63, 3.8) is 0 Å². The molecule has 2 heterocycles. The van der Waals surface area contributed by atoms with Crippen molar-refractivity contribution < 1.29 is 13.6 Å². The number of aryl methyl sites for hydroxylation is 1. The fraction of sp³-hybridized carbons (Fsp3) is 0.474. The van der Waals surface area contributed by atoms with E-state index < -0.39 is 6.55 Å². The van der Waals surface area contributed by atoms with Crippen LogP contribution in [0.25, 0.3) is 0 Å². The lowest BCUT2D eigenvalue weighted by Gasteiger charge is -2.17. The van der Waals surface area contributed by atoms with E-state index in [1.165, 1.54) is 5.56 Å². The number of aromatic nitrogens is 2. The number of nitrogens with two attached hydrogens (primary N) is 1. The number of nitrogens with zero attached hydrogens (tertiary/aromatic N) is 3. The number of amides is 1. The van der Waals surface area contributed by atoms with Crippen LogP contribution in [0.15, 0.2) is 30.3 Å². The third kappa shape index (κ3) is 3.49. The Morgan fingerprint density at radius 2 is 1.96 bits per heavy atom. The van der Waals surface area contributed by atoms with E-state index in [9.17, 15) is 13.6 Å². The summed E-state index contributed by atoms with van der Waals surface area (Å²) in [5.41, 5.74) is 8.51. The first-order chi connectivity index (χ1) is 12.4. The molecule has 7 heteroatoms. The van der Waals surface area contributed by atoms with Gasteiger partial charge in [0.25, 0.3) is 0 Å². The molecular weight excluding hydrogens is 338 g/mol. The van der Waals surface area contributed by atoms with Crippen LogP contribution < -0.4 is 5.73 Å². The zero-order valence-electron chi connectivity index (χ0n) is 15.0. The summed E-state index contributed by atoms with van der Waals surface area (Å²) >= 11 is 0. The molecule has 5 nitrogen and oxygen atoms in total. The first kappa shape index (κ1) is 18.5. The predicted molar refractivity (Wildman–Crippen MR) is 95.0 cm³/mol. The highest BCUT2D eigenvalue weighted by Gasteiger charge is 2.35. The second-order valence-electron chi connectivity index (χ2n) is 6.86. The van der Waals surface area contributed by atoms with Crippen molar-refractivity contribution in [2.24, 2.45) is 11.7 Å². The van der Waals surface area contributed by atoms with Crippen molar-refractivity contribution in [1.82, 2.24) is 14.7 Å². The molecule has 0 spiro atoms. The maximum Gasteiger partial charge on any atom is 0.333 e. The number of carbonyl (C=O) groups excluding carboxylic acids is 1. The summed E-state index contributed by atoms with van der Waals surface area (Å²) in [7, 11) is 0. The van der Waals surface area contributed by atoms with Gasteiger partial charge in [0.15, 0.2) is 0 Å². The van der Waals surface area contributed by atoms with Gasteiger partial charge in [-0.3, -0.25) is 4.79 Å². The van der Waals surface area contributed by atoms with Gasteiger partial charge in [0.1, 0.15) is 0 Å². The summed E-state index contributed by atoms with van der Waals surface area (Å²) in [5.74, 6) is 0.338. The van der Waals surface area contributed by atoms with E-state index in [-0.39, 0.29) is 24.2 Å². The SMILES string of the molecule is Cc1nn(C(F)F)c(C)c1CC(=O)N1C[C@@H](CN)[C@H](c2ccccc2)C1. The minimum atomic E-state index is -2.70. The van der Waals surface area contributed by atoms with Crippen LogP contribution >= 0.6 is 0 Å². The molecular formula is C19H24F2N4O. The number of hydrogen-bond donors (Lipinski definition) is 1. The Bertz CT molecular complexity index is 775. The molecule has 2 N–H and O–H groups in total. The lowest BCUT2D eigenvalue weighted by molar-refractivity contribution is -0.129. The van der Waals surface area contributed by atoms with Crippen LogP contribution in [-0.2, 0) is 11.2 Å². The quantitative estimate of drug-likeness (QED) is 0.889. The first-order valence-corrected chi connectivity index (χ1v) is 8.77. The summed E-state index contributed by atoms with van der Waals surface area (Å²) in [6, 6.07) is 10.0. The van der Waals surface area contributed by atoms with Gasteiger partial charge in [0, 0.05) is 30.3 Å². The average Bonchev–Trinajstić information content (AvgIpc) is 3.19.